The molecule has 0 aliphatic rings. The Kier molecular flexibility index (Phi) is 9.92. The number of Topliss-reactive ketones (excluding diaryl/α,β-unsaturated/α-hetero) is 1. The van der Waals surface area contributed by atoms with Crippen molar-refractivity contribution in [1.29, 1.82) is 5.26 Å². The van der Waals surface area contributed by atoms with E-state index in [1.54, 1.807) is 16.8 Å². The quantitative estimate of drug-likeness (QED) is 0.247. The predicted molar refractivity (Wildman–Crippen MR) is 157 cm³/mol. The number of nitrogens with zero attached hydrogens (tertiary/aromatic N) is 3. The number of allylic oxidation sites excluding steroid dienone is 3. The Morgan fingerprint density at radius 3 is 2.59 bits per heavy atom. The summed E-state index contributed by atoms with van der Waals surface area (Å²) in [4.78, 5) is 13.4. The van der Waals surface area contributed by atoms with Crippen LogP contribution in [0.1, 0.15) is 69.4 Å². The maximum Gasteiger partial charge on any atom is 0.185 e. The van der Waals surface area contributed by atoms with Gasteiger partial charge >= 0.3 is 0 Å². The molecular weight excluding hydrogens is 487 g/mol. The van der Waals surface area contributed by atoms with E-state index in [1.165, 1.54) is 12.1 Å². The first-order valence-electron chi connectivity index (χ1n) is 13.3. The molecule has 6 heteroatoms. The van der Waals surface area contributed by atoms with Gasteiger partial charge < -0.3 is 5.73 Å². The van der Waals surface area contributed by atoms with E-state index in [2.05, 4.69) is 25.2 Å². The van der Waals surface area contributed by atoms with Crippen LogP contribution in [0.25, 0.3) is 29.6 Å². The first-order chi connectivity index (χ1) is 18.6. The highest BCUT2D eigenvalue weighted by molar-refractivity contribution is 5.97. The van der Waals surface area contributed by atoms with E-state index in [9.17, 15) is 14.4 Å². The Labute approximate surface area is 230 Å². The fourth-order valence-electron chi connectivity index (χ4n) is 4.41. The van der Waals surface area contributed by atoms with E-state index in [1.807, 2.05) is 57.2 Å². The van der Waals surface area contributed by atoms with Crippen molar-refractivity contribution >= 4 is 18.4 Å². The summed E-state index contributed by atoms with van der Waals surface area (Å²) >= 11 is 0. The van der Waals surface area contributed by atoms with Crippen LogP contribution in [0.15, 0.2) is 66.3 Å². The van der Waals surface area contributed by atoms with Crippen molar-refractivity contribution in [3.8, 4) is 23.0 Å². The molecule has 5 nitrogen and oxygen atoms in total. The third kappa shape index (κ3) is 7.07. The minimum Gasteiger partial charge on any atom is -0.328 e. The third-order valence-corrected chi connectivity index (χ3v) is 7.02. The summed E-state index contributed by atoms with van der Waals surface area (Å²) < 4.78 is 16.2. The number of halogens is 1. The summed E-state index contributed by atoms with van der Waals surface area (Å²) in [6, 6.07) is 13.8. The predicted octanol–water partition coefficient (Wildman–Crippen LogP) is 5.99. The molecule has 1 aromatic heterocycles. The standard InChI is InChI=1S/C33H37FN4O/c1-7-24(21(3)4)16-27-17-25(13-12-22(27)5)32-19-31(33(39)23(6)10-9-11-28(36)8-2)37-38(32)29-15-14-26(20-35)30(34)18-29/h7,12-19,23,28H,3,5,8-11,36H2,1-2,4,6H3/b24-7+,27-16-/t23-,28-/m0/s1. The maximum absolute atomic E-state index is 14.6. The number of benzene rings is 2. The first kappa shape index (κ1) is 29.5. The minimum atomic E-state index is -0.647. The van der Waals surface area contributed by atoms with Gasteiger partial charge in [-0.1, -0.05) is 57.2 Å². The Morgan fingerprint density at radius 2 is 1.97 bits per heavy atom. The van der Waals surface area contributed by atoms with Crippen LogP contribution in [0.5, 0.6) is 0 Å². The lowest BCUT2D eigenvalue weighted by molar-refractivity contribution is 0.0916. The van der Waals surface area contributed by atoms with Crippen LogP contribution in [-0.2, 0) is 0 Å². The van der Waals surface area contributed by atoms with Crippen LogP contribution in [0.3, 0.4) is 0 Å². The normalized spacial score (nSPS) is 13.7. The van der Waals surface area contributed by atoms with Crippen molar-refractivity contribution in [1.82, 2.24) is 9.78 Å². The third-order valence-electron chi connectivity index (χ3n) is 7.02. The smallest absolute Gasteiger partial charge is 0.185 e. The van der Waals surface area contributed by atoms with Crippen molar-refractivity contribution < 1.29 is 9.18 Å². The van der Waals surface area contributed by atoms with E-state index in [4.69, 9.17) is 5.73 Å². The Balaban J connectivity index is 2.12. The molecule has 0 spiro atoms. The zero-order valence-electron chi connectivity index (χ0n) is 23.3. The summed E-state index contributed by atoms with van der Waals surface area (Å²) in [5.74, 6) is -0.957. The maximum atomic E-state index is 14.6. The van der Waals surface area contributed by atoms with E-state index >= 15 is 0 Å². The Hall–Kier alpha value is -4.08. The molecule has 2 N–H and O–H groups in total. The van der Waals surface area contributed by atoms with Gasteiger partial charge in [-0.25, -0.2) is 9.07 Å². The number of nitrogens with two attached hydrogens (primary N) is 1. The van der Waals surface area contributed by atoms with Crippen molar-refractivity contribution in [3.63, 3.8) is 0 Å². The summed E-state index contributed by atoms with van der Waals surface area (Å²) in [5, 5.41) is 15.5. The van der Waals surface area contributed by atoms with Crippen molar-refractivity contribution in [2.45, 2.75) is 59.4 Å². The first-order valence-corrected chi connectivity index (χ1v) is 13.3. The Bertz CT molecular complexity index is 1560. The summed E-state index contributed by atoms with van der Waals surface area (Å²) in [7, 11) is 0. The zero-order chi connectivity index (χ0) is 28.7. The van der Waals surface area contributed by atoms with Gasteiger partial charge in [0.25, 0.3) is 0 Å². The molecule has 3 rings (SSSR count). The molecule has 0 aliphatic heterocycles. The number of rotatable bonds is 11. The van der Waals surface area contributed by atoms with Crippen LogP contribution in [-0.4, -0.2) is 21.6 Å². The number of carbonyl (C=O) groups is 1. The van der Waals surface area contributed by atoms with E-state index in [-0.39, 0.29) is 23.3 Å². The van der Waals surface area contributed by atoms with E-state index in [0.29, 0.717) is 23.5 Å². The van der Waals surface area contributed by atoms with Gasteiger partial charge in [0.1, 0.15) is 17.6 Å². The van der Waals surface area contributed by atoms with Gasteiger partial charge in [0.2, 0.25) is 0 Å². The van der Waals surface area contributed by atoms with Gasteiger partial charge in [-0.3, -0.25) is 4.79 Å². The molecule has 2 aromatic carbocycles. The molecule has 0 radical (unpaired) electrons. The Morgan fingerprint density at radius 1 is 1.23 bits per heavy atom. The molecule has 0 unspecified atom stereocenters. The molecule has 0 fully saturated rings. The van der Waals surface area contributed by atoms with Crippen molar-refractivity contribution in [2.75, 3.05) is 0 Å². The van der Waals surface area contributed by atoms with Gasteiger partial charge in [-0.15, -0.1) is 0 Å². The number of carbonyl (C=O) groups excluding carboxylic acids is 1. The summed E-state index contributed by atoms with van der Waals surface area (Å²) in [6.07, 6.45) is 7.35. The number of nitriles is 1. The highest BCUT2D eigenvalue weighted by Gasteiger charge is 2.22. The number of aromatic nitrogens is 2. The monoisotopic (exact) mass is 524 g/mol. The fraction of sp³-hybridized carbons (Fsp3) is 0.303. The second-order valence-corrected chi connectivity index (χ2v) is 10.0. The van der Waals surface area contributed by atoms with Crippen LogP contribution in [0.4, 0.5) is 4.39 Å². The minimum absolute atomic E-state index is 0.0559. The van der Waals surface area contributed by atoms with Gasteiger partial charge in [0.05, 0.1) is 16.9 Å². The number of ketones is 1. The van der Waals surface area contributed by atoms with Crippen LogP contribution in [0.2, 0.25) is 0 Å². The second-order valence-electron chi connectivity index (χ2n) is 10.0. The average molecular weight is 525 g/mol. The molecular formula is C33H37FN4O. The molecule has 39 heavy (non-hydrogen) atoms. The van der Waals surface area contributed by atoms with Crippen LogP contribution in [0, 0.1) is 23.1 Å². The fourth-order valence-corrected chi connectivity index (χ4v) is 4.41. The highest BCUT2D eigenvalue weighted by atomic mass is 19.1. The summed E-state index contributed by atoms with van der Waals surface area (Å²) in [5.41, 5.74) is 10.1. The molecule has 1 heterocycles. The molecule has 0 bridgehead atoms. The van der Waals surface area contributed by atoms with Crippen molar-refractivity contribution in [3.05, 3.63) is 93.8 Å². The number of hydrogen-bond acceptors (Lipinski definition) is 4. The van der Waals surface area contributed by atoms with Crippen molar-refractivity contribution in [2.24, 2.45) is 11.7 Å². The van der Waals surface area contributed by atoms with Crippen LogP contribution >= 0.6 is 0 Å². The van der Waals surface area contributed by atoms with Crippen LogP contribution < -0.4 is 16.2 Å². The lowest BCUT2D eigenvalue weighted by atomic mass is 9.95. The molecule has 0 amide bonds. The van der Waals surface area contributed by atoms with Gasteiger partial charge in [0, 0.05) is 23.6 Å². The molecule has 0 saturated carbocycles. The molecule has 2 atom stereocenters. The average Bonchev–Trinajstić information content (AvgIpc) is 3.37. The molecule has 202 valence electrons. The van der Waals surface area contributed by atoms with E-state index in [0.717, 1.165) is 46.4 Å². The topological polar surface area (TPSA) is 84.7 Å². The summed E-state index contributed by atoms with van der Waals surface area (Å²) in [6.45, 7) is 16.1. The SMILES string of the molecule is C=C(C)C(/C=c1/cc(-c2cc(C(=O)[C@@H](C)CCC[C@@H](N)CC)nn2-c2ccc(C#N)c(F)c2)ccc1=C)=C/C. The molecule has 0 aliphatic carbocycles. The number of hydrogen-bond donors (Lipinski definition) is 1. The lowest BCUT2D eigenvalue weighted by Gasteiger charge is -2.11. The molecule has 0 saturated heterocycles. The molecule has 3 aromatic rings. The largest absolute Gasteiger partial charge is 0.328 e. The van der Waals surface area contributed by atoms with Gasteiger partial charge in [0.15, 0.2) is 5.78 Å². The van der Waals surface area contributed by atoms with Gasteiger partial charge in [-0.05, 0) is 79.5 Å². The lowest BCUT2D eigenvalue weighted by Crippen LogP contribution is -2.23. The van der Waals surface area contributed by atoms with E-state index < -0.39 is 5.82 Å². The van der Waals surface area contributed by atoms with Gasteiger partial charge in [-0.2, -0.15) is 10.4 Å². The highest BCUT2D eigenvalue weighted by Crippen LogP contribution is 2.26. The second kappa shape index (κ2) is 13.1. The zero-order valence-corrected chi connectivity index (χ0v) is 23.3.